The highest BCUT2D eigenvalue weighted by Crippen LogP contribution is 1.86. The summed E-state index contributed by atoms with van der Waals surface area (Å²) in [6.07, 6.45) is 0. The van der Waals surface area contributed by atoms with Gasteiger partial charge in [-0.2, -0.15) is 8.42 Å². The number of alkyl halides is 1. The van der Waals surface area contributed by atoms with Crippen molar-refractivity contribution in [2.75, 3.05) is 18.2 Å². The molecule has 0 aliphatic carbocycles. The summed E-state index contributed by atoms with van der Waals surface area (Å²) in [5.41, 5.74) is 0. The minimum Gasteiger partial charge on any atom is -0.464 e. The predicted molar refractivity (Wildman–Crippen MR) is 38.1 cm³/mol. The first kappa shape index (κ1) is 10.7. The molecule has 0 unspecified atom stereocenters. The van der Waals surface area contributed by atoms with E-state index in [4.69, 9.17) is 16.2 Å². The second kappa shape index (κ2) is 4.53. The summed E-state index contributed by atoms with van der Waals surface area (Å²) in [6, 6.07) is 0. The predicted octanol–water partition coefficient (Wildman–Crippen LogP) is -0.344. The van der Waals surface area contributed by atoms with E-state index >= 15 is 0 Å². The van der Waals surface area contributed by atoms with Gasteiger partial charge in [-0.3, -0.25) is 9.35 Å². The van der Waals surface area contributed by atoms with Gasteiger partial charge in [-0.05, 0) is 0 Å². The van der Waals surface area contributed by atoms with Gasteiger partial charge in [0, 0.05) is 0 Å². The third-order valence-electron chi connectivity index (χ3n) is 0.713. The van der Waals surface area contributed by atoms with Crippen LogP contribution in [-0.2, 0) is 19.6 Å². The van der Waals surface area contributed by atoms with Crippen LogP contribution in [0.4, 0.5) is 0 Å². The minimum absolute atomic E-state index is 0.328. The van der Waals surface area contributed by atoms with Crippen LogP contribution in [0.1, 0.15) is 0 Å². The molecule has 66 valence electrons. The van der Waals surface area contributed by atoms with Crippen LogP contribution in [0, 0.1) is 0 Å². The Morgan fingerprint density at radius 2 is 2.09 bits per heavy atom. The molecule has 0 aromatic carbocycles. The molecule has 0 aliphatic rings. The molecule has 0 atom stereocenters. The number of ether oxygens (including phenoxy) is 1. The Bertz CT molecular complexity index is 221. The van der Waals surface area contributed by atoms with Crippen molar-refractivity contribution in [3.05, 3.63) is 0 Å². The lowest BCUT2D eigenvalue weighted by Gasteiger charge is -1.98. The second-order valence-corrected chi connectivity index (χ2v) is 3.48. The van der Waals surface area contributed by atoms with Gasteiger partial charge in [-0.25, -0.2) is 0 Å². The first-order valence-corrected chi connectivity index (χ1v) is 4.77. The molecule has 0 fully saturated rings. The highest BCUT2D eigenvalue weighted by molar-refractivity contribution is 7.85. The van der Waals surface area contributed by atoms with Crippen molar-refractivity contribution in [2.24, 2.45) is 0 Å². The number of carbonyl (C=O) groups excluding carboxylic acids is 1. The van der Waals surface area contributed by atoms with Crippen LogP contribution < -0.4 is 0 Å². The average molecular weight is 203 g/mol. The standard InChI is InChI=1S/C4H7ClO5S/c5-3-4(6)10-1-2-11(7,8)9/h1-3H2,(H,7,8,9). The monoisotopic (exact) mass is 202 g/mol. The number of halogens is 1. The molecule has 0 bridgehead atoms. The number of esters is 1. The Labute approximate surface area is 69.0 Å². The van der Waals surface area contributed by atoms with Crippen LogP contribution in [0.15, 0.2) is 0 Å². The molecule has 0 heterocycles. The molecule has 11 heavy (non-hydrogen) atoms. The molecule has 0 saturated carbocycles. The van der Waals surface area contributed by atoms with Gasteiger partial charge in [-0.15, -0.1) is 11.6 Å². The van der Waals surface area contributed by atoms with Crippen LogP contribution in [0.2, 0.25) is 0 Å². The number of carbonyl (C=O) groups is 1. The normalized spacial score (nSPS) is 11.1. The largest absolute Gasteiger partial charge is 0.464 e. The van der Waals surface area contributed by atoms with E-state index in [0.29, 0.717) is 0 Å². The Morgan fingerprint density at radius 3 is 2.45 bits per heavy atom. The van der Waals surface area contributed by atoms with E-state index in [0.717, 1.165) is 0 Å². The first-order valence-electron chi connectivity index (χ1n) is 2.62. The zero-order valence-corrected chi connectivity index (χ0v) is 7.06. The van der Waals surface area contributed by atoms with Crippen molar-refractivity contribution < 1.29 is 22.5 Å². The van der Waals surface area contributed by atoms with Gasteiger partial charge in [-0.1, -0.05) is 0 Å². The van der Waals surface area contributed by atoms with E-state index in [-0.39, 0.29) is 12.5 Å². The fourth-order valence-corrected chi connectivity index (χ4v) is 0.670. The summed E-state index contributed by atoms with van der Waals surface area (Å²) in [6.45, 7) is -0.371. The van der Waals surface area contributed by atoms with E-state index in [1.165, 1.54) is 0 Å². The lowest BCUT2D eigenvalue weighted by Crippen LogP contribution is -2.15. The van der Waals surface area contributed by atoms with Gasteiger partial charge < -0.3 is 4.74 Å². The zero-order chi connectivity index (χ0) is 8.91. The molecule has 0 saturated heterocycles. The highest BCUT2D eigenvalue weighted by Gasteiger charge is 2.06. The Hall–Kier alpha value is -0.330. The van der Waals surface area contributed by atoms with Crippen LogP contribution in [0.5, 0.6) is 0 Å². The van der Waals surface area contributed by atoms with Crippen LogP contribution in [-0.4, -0.2) is 37.2 Å². The molecular formula is C4H7ClO5S. The molecule has 5 nitrogen and oxygen atoms in total. The first-order chi connectivity index (χ1) is 4.95. The third kappa shape index (κ3) is 7.57. The van der Waals surface area contributed by atoms with E-state index in [9.17, 15) is 13.2 Å². The highest BCUT2D eigenvalue weighted by atomic mass is 35.5. The summed E-state index contributed by atoms with van der Waals surface area (Å²) in [4.78, 5) is 10.3. The molecule has 0 spiro atoms. The second-order valence-electron chi connectivity index (χ2n) is 1.64. The van der Waals surface area contributed by atoms with Gasteiger partial charge in [0.15, 0.2) is 0 Å². The van der Waals surface area contributed by atoms with Gasteiger partial charge in [0.25, 0.3) is 10.1 Å². The summed E-state index contributed by atoms with van der Waals surface area (Å²) < 4.78 is 32.5. The minimum atomic E-state index is -4.05. The third-order valence-corrected chi connectivity index (χ3v) is 1.61. The topological polar surface area (TPSA) is 80.7 Å². The Morgan fingerprint density at radius 1 is 1.55 bits per heavy atom. The van der Waals surface area contributed by atoms with Gasteiger partial charge in [0.1, 0.15) is 18.2 Å². The maximum atomic E-state index is 10.3. The number of rotatable bonds is 4. The van der Waals surface area contributed by atoms with E-state index in [2.05, 4.69) is 4.74 Å². The van der Waals surface area contributed by atoms with E-state index in [1.807, 2.05) is 0 Å². The summed E-state index contributed by atoms with van der Waals surface area (Å²) in [7, 11) is -4.05. The molecule has 0 aromatic heterocycles. The Balaban J connectivity index is 3.51. The molecule has 0 aliphatic heterocycles. The molecular weight excluding hydrogens is 196 g/mol. The maximum absolute atomic E-state index is 10.3. The Kier molecular flexibility index (Phi) is 4.39. The van der Waals surface area contributed by atoms with Crippen LogP contribution in [0.25, 0.3) is 0 Å². The summed E-state index contributed by atoms with van der Waals surface area (Å²) in [5.74, 6) is -1.64. The van der Waals surface area contributed by atoms with Crippen LogP contribution in [0.3, 0.4) is 0 Å². The van der Waals surface area contributed by atoms with Gasteiger partial charge in [0.05, 0.1) is 0 Å². The molecule has 0 radical (unpaired) electrons. The van der Waals surface area contributed by atoms with E-state index in [1.54, 1.807) is 0 Å². The maximum Gasteiger partial charge on any atom is 0.320 e. The smallest absolute Gasteiger partial charge is 0.320 e. The quantitative estimate of drug-likeness (QED) is 0.383. The van der Waals surface area contributed by atoms with Crippen molar-refractivity contribution in [2.45, 2.75) is 0 Å². The van der Waals surface area contributed by atoms with Gasteiger partial charge >= 0.3 is 5.97 Å². The lowest BCUT2D eigenvalue weighted by atomic mass is 10.8. The van der Waals surface area contributed by atoms with Crippen molar-refractivity contribution in [3.8, 4) is 0 Å². The fraction of sp³-hybridized carbons (Fsp3) is 0.750. The average Bonchev–Trinajstić information content (AvgIpc) is 1.85. The zero-order valence-electron chi connectivity index (χ0n) is 5.49. The van der Waals surface area contributed by atoms with Crippen LogP contribution >= 0.6 is 11.6 Å². The molecule has 0 aromatic rings. The number of hydrogen-bond acceptors (Lipinski definition) is 4. The molecule has 7 heteroatoms. The SMILES string of the molecule is O=C(CCl)OCCS(=O)(=O)O. The van der Waals surface area contributed by atoms with E-state index < -0.39 is 21.8 Å². The van der Waals surface area contributed by atoms with Crippen molar-refractivity contribution >= 4 is 27.7 Å². The summed E-state index contributed by atoms with van der Waals surface area (Å²) >= 11 is 5.02. The lowest BCUT2D eigenvalue weighted by molar-refractivity contribution is -0.139. The van der Waals surface area contributed by atoms with Crippen molar-refractivity contribution in [3.63, 3.8) is 0 Å². The molecule has 0 amide bonds. The molecule has 0 rings (SSSR count). The van der Waals surface area contributed by atoms with Gasteiger partial charge in [0.2, 0.25) is 0 Å². The number of hydrogen-bond donors (Lipinski definition) is 1. The fourth-order valence-electron chi connectivity index (χ4n) is 0.299. The molecule has 1 N–H and O–H groups in total. The van der Waals surface area contributed by atoms with Crippen molar-refractivity contribution in [1.82, 2.24) is 0 Å². The van der Waals surface area contributed by atoms with Crippen molar-refractivity contribution in [1.29, 1.82) is 0 Å². The summed E-state index contributed by atoms with van der Waals surface area (Å²) in [5, 5.41) is 0.